The van der Waals surface area contributed by atoms with Crippen LogP contribution in [0.5, 0.6) is 0 Å². The van der Waals surface area contributed by atoms with Crippen molar-refractivity contribution < 1.29 is 9.53 Å². The number of Topliss-reactive ketones (excluding diaryl/α,β-unsaturated/α-hetero) is 1. The van der Waals surface area contributed by atoms with Gasteiger partial charge in [0.05, 0.1) is 6.10 Å². The molecule has 1 aliphatic heterocycles. The summed E-state index contributed by atoms with van der Waals surface area (Å²) in [6, 6.07) is 0. The fraction of sp³-hybridized carbons (Fsp3) is 0.929. The molecule has 1 heterocycles. The molecule has 0 saturated carbocycles. The smallest absolute Gasteiger partial charge is 0.135 e. The molecule has 1 aliphatic rings. The van der Waals surface area contributed by atoms with Crippen molar-refractivity contribution in [1.29, 1.82) is 0 Å². The Balaban J connectivity index is 1.89. The molecular weight excluding hydrogens is 200 g/mol. The van der Waals surface area contributed by atoms with E-state index >= 15 is 0 Å². The third-order valence-electron chi connectivity index (χ3n) is 3.29. The average molecular weight is 226 g/mol. The van der Waals surface area contributed by atoms with Gasteiger partial charge in [0.25, 0.3) is 0 Å². The lowest BCUT2D eigenvalue weighted by Gasteiger charge is -2.07. The molecule has 0 aromatic rings. The van der Waals surface area contributed by atoms with E-state index in [2.05, 4.69) is 6.92 Å². The first-order valence-electron chi connectivity index (χ1n) is 6.96. The number of carbonyl (C=O) groups is 1. The van der Waals surface area contributed by atoms with Gasteiger partial charge in [0.15, 0.2) is 0 Å². The molecule has 1 saturated heterocycles. The highest BCUT2D eigenvalue weighted by Gasteiger charge is 2.18. The van der Waals surface area contributed by atoms with Gasteiger partial charge in [-0.15, -0.1) is 0 Å². The summed E-state index contributed by atoms with van der Waals surface area (Å²) >= 11 is 0. The molecule has 2 heteroatoms. The predicted octanol–water partition coefficient (Wildman–Crippen LogP) is 3.88. The third-order valence-corrected chi connectivity index (χ3v) is 3.29. The Labute approximate surface area is 99.8 Å². The van der Waals surface area contributed by atoms with Crippen molar-refractivity contribution in [3.63, 3.8) is 0 Å². The zero-order chi connectivity index (χ0) is 11.6. The first kappa shape index (κ1) is 13.7. The largest absolute Gasteiger partial charge is 0.378 e. The fourth-order valence-corrected chi connectivity index (χ4v) is 2.26. The van der Waals surface area contributed by atoms with Gasteiger partial charge in [0, 0.05) is 19.4 Å². The molecule has 0 bridgehead atoms. The molecule has 0 aliphatic carbocycles. The van der Waals surface area contributed by atoms with E-state index in [-0.39, 0.29) is 6.10 Å². The maximum atomic E-state index is 11.6. The first-order chi connectivity index (χ1) is 7.83. The molecule has 1 atom stereocenters. The maximum Gasteiger partial charge on any atom is 0.135 e. The summed E-state index contributed by atoms with van der Waals surface area (Å²) in [6.45, 7) is 3.08. The number of unbranched alkanes of at least 4 members (excludes halogenated alkanes) is 5. The van der Waals surface area contributed by atoms with Crippen LogP contribution < -0.4 is 0 Å². The molecule has 0 amide bonds. The van der Waals surface area contributed by atoms with Crippen LogP contribution in [0.15, 0.2) is 0 Å². The number of ketones is 1. The second kappa shape index (κ2) is 8.74. The molecule has 1 fully saturated rings. The maximum absolute atomic E-state index is 11.6. The van der Waals surface area contributed by atoms with Crippen LogP contribution in [0.3, 0.4) is 0 Å². The lowest BCUT2D eigenvalue weighted by atomic mass is 10.0. The molecular formula is C14H26O2. The van der Waals surface area contributed by atoms with Crippen molar-refractivity contribution in [2.24, 2.45) is 0 Å². The van der Waals surface area contributed by atoms with Crippen molar-refractivity contribution in [3.8, 4) is 0 Å². The van der Waals surface area contributed by atoms with Crippen molar-refractivity contribution in [2.45, 2.75) is 77.2 Å². The van der Waals surface area contributed by atoms with E-state index < -0.39 is 0 Å². The van der Waals surface area contributed by atoms with E-state index in [4.69, 9.17) is 4.74 Å². The van der Waals surface area contributed by atoms with E-state index in [0.717, 1.165) is 32.3 Å². The molecule has 0 aromatic heterocycles. The molecule has 2 nitrogen and oxygen atoms in total. The van der Waals surface area contributed by atoms with Gasteiger partial charge in [-0.25, -0.2) is 0 Å². The zero-order valence-electron chi connectivity index (χ0n) is 10.7. The Kier molecular flexibility index (Phi) is 7.48. The number of hydrogen-bond donors (Lipinski definition) is 0. The molecule has 0 aromatic carbocycles. The lowest BCUT2D eigenvalue weighted by molar-refractivity contribution is -0.121. The van der Waals surface area contributed by atoms with Crippen molar-refractivity contribution >= 4 is 5.78 Å². The second-order valence-corrected chi connectivity index (χ2v) is 4.90. The monoisotopic (exact) mass is 226 g/mol. The normalized spacial score (nSPS) is 20.2. The Morgan fingerprint density at radius 2 is 1.94 bits per heavy atom. The topological polar surface area (TPSA) is 26.3 Å². The van der Waals surface area contributed by atoms with Crippen LogP contribution >= 0.6 is 0 Å². The van der Waals surface area contributed by atoms with E-state index in [9.17, 15) is 4.79 Å². The van der Waals surface area contributed by atoms with Crippen LogP contribution in [0.2, 0.25) is 0 Å². The van der Waals surface area contributed by atoms with E-state index in [0.29, 0.717) is 12.2 Å². The summed E-state index contributed by atoms with van der Waals surface area (Å²) in [7, 11) is 0. The standard InChI is InChI=1S/C14H26O2/c1-2-3-4-5-6-7-9-13(15)12-14-10-8-11-16-14/h14H,2-12H2,1H3. The van der Waals surface area contributed by atoms with Crippen LogP contribution in [-0.2, 0) is 9.53 Å². The lowest BCUT2D eigenvalue weighted by Crippen LogP contribution is -2.12. The van der Waals surface area contributed by atoms with Gasteiger partial charge in [-0.3, -0.25) is 4.79 Å². The van der Waals surface area contributed by atoms with E-state index in [1.54, 1.807) is 0 Å². The Hall–Kier alpha value is -0.370. The molecule has 0 N–H and O–H groups in total. The number of rotatable bonds is 9. The van der Waals surface area contributed by atoms with Crippen LogP contribution in [0, 0.1) is 0 Å². The second-order valence-electron chi connectivity index (χ2n) is 4.90. The van der Waals surface area contributed by atoms with Crippen molar-refractivity contribution in [3.05, 3.63) is 0 Å². The fourth-order valence-electron chi connectivity index (χ4n) is 2.26. The van der Waals surface area contributed by atoms with Gasteiger partial charge >= 0.3 is 0 Å². The average Bonchev–Trinajstić information content (AvgIpc) is 2.76. The Bertz CT molecular complexity index is 183. The Morgan fingerprint density at radius 1 is 1.19 bits per heavy atom. The summed E-state index contributed by atoms with van der Waals surface area (Å²) in [4.78, 5) is 11.6. The van der Waals surface area contributed by atoms with Gasteiger partial charge < -0.3 is 4.74 Å². The minimum Gasteiger partial charge on any atom is -0.378 e. The first-order valence-corrected chi connectivity index (χ1v) is 6.96. The Morgan fingerprint density at radius 3 is 2.62 bits per heavy atom. The highest BCUT2D eigenvalue weighted by molar-refractivity contribution is 5.78. The van der Waals surface area contributed by atoms with Crippen LogP contribution in [0.25, 0.3) is 0 Å². The van der Waals surface area contributed by atoms with Crippen LogP contribution in [-0.4, -0.2) is 18.5 Å². The van der Waals surface area contributed by atoms with Gasteiger partial charge in [0.2, 0.25) is 0 Å². The SMILES string of the molecule is CCCCCCCCC(=O)CC1CCCO1. The minimum atomic E-state index is 0.243. The van der Waals surface area contributed by atoms with Crippen molar-refractivity contribution in [1.82, 2.24) is 0 Å². The molecule has 1 rings (SSSR count). The highest BCUT2D eigenvalue weighted by atomic mass is 16.5. The van der Waals surface area contributed by atoms with Crippen LogP contribution in [0.4, 0.5) is 0 Å². The van der Waals surface area contributed by atoms with Gasteiger partial charge in [-0.2, -0.15) is 0 Å². The summed E-state index contributed by atoms with van der Waals surface area (Å²) in [5, 5.41) is 0. The van der Waals surface area contributed by atoms with Gasteiger partial charge in [-0.05, 0) is 19.3 Å². The summed E-state index contributed by atoms with van der Waals surface area (Å²) in [6.07, 6.45) is 11.4. The van der Waals surface area contributed by atoms with Gasteiger partial charge in [0.1, 0.15) is 5.78 Å². The van der Waals surface area contributed by atoms with Gasteiger partial charge in [-0.1, -0.05) is 39.0 Å². The molecule has 94 valence electrons. The van der Waals surface area contributed by atoms with E-state index in [1.165, 1.54) is 32.1 Å². The number of hydrogen-bond acceptors (Lipinski definition) is 2. The summed E-state index contributed by atoms with van der Waals surface area (Å²) < 4.78 is 5.46. The molecule has 0 spiro atoms. The molecule has 1 unspecified atom stereocenters. The predicted molar refractivity (Wildman–Crippen MR) is 66.6 cm³/mol. The summed E-state index contributed by atoms with van der Waals surface area (Å²) in [5.74, 6) is 0.405. The number of carbonyl (C=O) groups excluding carboxylic acids is 1. The molecule has 16 heavy (non-hydrogen) atoms. The highest BCUT2D eigenvalue weighted by Crippen LogP contribution is 2.17. The third kappa shape index (κ3) is 6.26. The number of ether oxygens (including phenoxy) is 1. The van der Waals surface area contributed by atoms with Crippen molar-refractivity contribution in [2.75, 3.05) is 6.61 Å². The van der Waals surface area contributed by atoms with E-state index in [1.807, 2.05) is 0 Å². The molecule has 0 radical (unpaired) electrons. The minimum absolute atomic E-state index is 0.243. The summed E-state index contributed by atoms with van der Waals surface area (Å²) in [5.41, 5.74) is 0. The van der Waals surface area contributed by atoms with Crippen LogP contribution in [0.1, 0.15) is 71.1 Å². The quantitative estimate of drug-likeness (QED) is 0.558. The zero-order valence-corrected chi connectivity index (χ0v) is 10.7.